The molecule has 0 aliphatic carbocycles. The fourth-order valence-corrected chi connectivity index (χ4v) is 9.27. The summed E-state index contributed by atoms with van der Waals surface area (Å²) in [6.07, 6.45) is 0. The zero-order chi connectivity index (χ0) is 38.4. The third kappa shape index (κ3) is 5.69. The van der Waals surface area contributed by atoms with E-state index in [1.807, 2.05) is 0 Å². The molecule has 0 nitrogen and oxygen atoms in total. The minimum atomic E-state index is 1.19. The van der Waals surface area contributed by atoms with Crippen LogP contribution in [0.15, 0.2) is 231 Å². The molecule has 58 heavy (non-hydrogen) atoms. The SMILES string of the molecule is c1ccc(-c2c3ccccc3c(-c3cc(-c4ccccc4-c4cccc(-c5cccc6ccccc56)c4)ccc3-c3cccc4ccccc34)c3ccccc23)cc1. The Morgan fingerprint density at radius 3 is 1.19 bits per heavy atom. The first-order valence-electron chi connectivity index (χ1n) is 20.1. The first kappa shape index (κ1) is 33.8. The molecule has 0 amide bonds. The Labute approximate surface area is 339 Å². The van der Waals surface area contributed by atoms with Crippen molar-refractivity contribution in [1.29, 1.82) is 0 Å². The van der Waals surface area contributed by atoms with E-state index in [0.29, 0.717) is 0 Å². The highest BCUT2D eigenvalue weighted by Crippen LogP contribution is 2.48. The van der Waals surface area contributed by atoms with Crippen LogP contribution in [0.25, 0.3) is 110 Å². The second-order valence-corrected chi connectivity index (χ2v) is 15.1. The van der Waals surface area contributed by atoms with Gasteiger partial charge >= 0.3 is 0 Å². The highest BCUT2D eigenvalue weighted by molar-refractivity contribution is 6.23. The molecule has 0 aromatic heterocycles. The summed E-state index contributed by atoms with van der Waals surface area (Å²) >= 11 is 0. The lowest BCUT2D eigenvalue weighted by atomic mass is 9.82. The van der Waals surface area contributed by atoms with Crippen LogP contribution in [0, 0.1) is 0 Å². The smallest absolute Gasteiger partial charge is 0.00199 e. The molecular weight excluding hydrogens is 697 g/mol. The molecule has 11 rings (SSSR count). The first-order valence-corrected chi connectivity index (χ1v) is 20.1. The van der Waals surface area contributed by atoms with Gasteiger partial charge in [0.25, 0.3) is 0 Å². The van der Waals surface area contributed by atoms with Crippen LogP contribution < -0.4 is 0 Å². The fourth-order valence-electron chi connectivity index (χ4n) is 9.27. The van der Waals surface area contributed by atoms with Crippen molar-refractivity contribution in [1.82, 2.24) is 0 Å². The third-order valence-electron chi connectivity index (χ3n) is 11.9. The van der Waals surface area contributed by atoms with E-state index < -0.39 is 0 Å². The summed E-state index contributed by atoms with van der Waals surface area (Å²) in [7, 11) is 0. The molecule has 0 spiro atoms. The molecule has 0 radical (unpaired) electrons. The van der Waals surface area contributed by atoms with Gasteiger partial charge in [0.1, 0.15) is 0 Å². The van der Waals surface area contributed by atoms with Gasteiger partial charge in [0.05, 0.1) is 0 Å². The van der Waals surface area contributed by atoms with E-state index in [-0.39, 0.29) is 0 Å². The van der Waals surface area contributed by atoms with E-state index in [1.165, 1.54) is 110 Å². The Morgan fingerprint density at radius 1 is 0.172 bits per heavy atom. The normalized spacial score (nSPS) is 11.4. The lowest BCUT2D eigenvalue weighted by molar-refractivity contribution is 1.57. The van der Waals surface area contributed by atoms with Gasteiger partial charge in [-0.25, -0.2) is 0 Å². The minimum absolute atomic E-state index is 1.19. The van der Waals surface area contributed by atoms with Gasteiger partial charge in [-0.2, -0.15) is 0 Å². The Balaban J connectivity index is 1.18. The lowest BCUT2D eigenvalue weighted by Gasteiger charge is -2.21. The van der Waals surface area contributed by atoms with Crippen molar-refractivity contribution in [2.24, 2.45) is 0 Å². The van der Waals surface area contributed by atoms with Crippen LogP contribution in [0.2, 0.25) is 0 Å². The summed E-state index contributed by atoms with van der Waals surface area (Å²) < 4.78 is 0. The zero-order valence-corrected chi connectivity index (χ0v) is 31.9. The van der Waals surface area contributed by atoms with Crippen LogP contribution in [0.1, 0.15) is 0 Å². The summed E-state index contributed by atoms with van der Waals surface area (Å²) in [6, 6.07) is 84.6. The largest absolute Gasteiger partial charge is 0.0622 e. The topological polar surface area (TPSA) is 0 Å². The van der Waals surface area contributed by atoms with Crippen molar-refractivity contribution in [3.05, 3.63) is 231 Å². The van der Waals surface area contributed by atoms with Crippen molar-refractivity contribution in [2.75, 3.05) is 0 Å². The standard InChI is InChI=1S/C58H38/c1-2-19-41(20-3-1)57-52-29-10-12-31-54(52)58(55-32-13-11-30-53(55)57)56-38-44(35-36-51(56)50-34-16-22-40-18-5-7-26-46(40)50)48-28-9-8-27-47(48)42-23-14-24-43(37-42)49-33-15-21-39-17-4-6-25-45(39)49/h1-38H. The highest BCUT2D eigenvalue weighted by atomic mass is 14.2. The average molecular weight is 735 g/mol. The van der Waals surface area contributed by atoms with E-state index in [4.69, 9.17) is 0 Å². The molecule has 11 aromatic carbocycles. The van der Waals surface area contributed by atoms with Crippen molar-refractivity contribution < 1.29 is 0 Å². The molecule has 0 N–H and O–H groups in total. The number of hydrogen-bond donors (Lipinski definition) is 0. The molecule has 0 saturated heterocycles. The van der Waals surface area contributed by atoms with Crippen molar-refractivity contribution in [3.63, 3.8) is 0 Å². The molecular formula is C58H38. The summed E-state index contributed by atoms with van der Waals surface area (Å²) in [5, 5.41) is 10.00. The number of fused-ring (bicyclic) bond motifs is 4. The van der Waals surface area contributed by atoms with Crippen molar-refractivity contribution in [3.8, 4) is 66.8 Å². The molecule has 0 bridgehead atoms. The van der Waals surface area contributed by atoms with E-state index in [2.05, 4.69) is 231 Å². The molecule has 11 aromatic rings. The van der Waals surface area contributed by atoms with Crippen molar-refractivity contribution >= 4 is 43.1 Å². The summed E-state index contributed by atoms with van der Waals surface area (Å²) in [5.74, 6) is 0. The number of benzene rings is 11. The van der Waals surface area contributed by atoms with Crippen LogP contribution >= 0.6 is 0 Å². The Hall–Kier alpha value is -7.54. The number of hydrogen-bond acceptors (Lipinski definition) is 0. The van der Waals surface area contributed by atoms with Gasteiger partial charge in [-0.3, -0.25) is 0 Å². The Kier molecular flexibility index (Phi) is 8.26. The number of rotatable bonds is 6. The molecule has 0 heteroatoms. The van der Waals surface area contributed by atoms with Gasteiger partial charge in [0, 0.05) is 0 Å². The maximum absolute atomic E-state index is 2.46. The van der Waals surface area contributed by atoms with Gasteiger partial charge in [0.15, 0.2) is 0 Å². The molecule has 270 valence electrons. The van der Waals surface area contributed by atoms with Crippen LogP contribution in [0.4, 0.5) is 0 Å². The average Bonchev–Trinajstić information content (AvgIpc) is 3.30. The van der Waals surface area contributed by atoms with E-state index in [0.717, 1.165) is 0 Å². The Morgan fingerprint density at radius 2 is 0.569 bits per heavy atom. The van der Waals surface area contributed by atoms with Gasteiger partial charge in [-0.05, 0) is 122 Å². The quantitative estimate of drug-likeness (QED) is 0.149. The lowest BCUT2D eigenvalue weighted by Crippen LogP contribution is -1.94. The third-order valence-corrected chi connectivity index (χ3v) is 11.9. The fraction of sp³-hybridized carbons (Fsp3) is 0. The van der Waals surface area contributed by atoms with Crippen LogP contribution in [0.3, 0.4) is 0 Å². The highest BCUT2D eigenvalue weighted by Gasteiger charge is 2.21. The molecule has 0 atom stereocenters. The van der Waals surface area contributed by atoms with Gasteiger partial charge in [-0.15, -0.1) is 0 Å². The molecule has 0 aliphatic heterocycles. The Bertz CT molecular complexity index is 3270. The van der Waals surface area contributed by atoms with E-state index in [1.54, 1.807) is 0 Å². The second kappa shape index (κ2) is 14.2. The maximum atomic E-state index is 2.46. The summed E-state index contributed by atoms with van der Waals surface area (Å²) in [4.78, 5) is 0. The predicted octanol–water partition coefficient (Wildman–Crippen LogP) is 16.3. The molecule has 0 fully saturated rings. The monoisotopic (exact) mass is 734 g/mol. The molecule has 0 heterocycles. The second-order valence-electron chi connectivity index (χ2n) is 15.1. The zero-order valence-electron chi connectivity index (χ0n) is 31.9. The first-order chi connectivity index (χ1) is 28.8. The molecule has 0 aliphatic rings. The summed E-state index contributed by atoms with van der Waals surface area (Å²) in [6.45, 7) is 0. The summed E-state index contributed by atoms with van der Waals surface area (Å²) in [5.41, 5.74) is 14.7. The van der Waals surface area contributed by atoms with Gasteiger partial charge in [-0.1, -0.05) is 218 Å². The van der Waals surface area contributed by atoms with E-state index in [9.17, 15) is 0 Å². The van der Waals surface area contributed by atoms with Crippen LogP contribution in [-0.2, 0) is 0 Å². The van der Waals surface area contributed by atoms with E-state index >= 15 is 0 Å². The van der Waals surface area contributed by atoms with Crippen molar-refractivity contribution in [2.45, 2.75) is 0 Å². The van der Waals surface area contributed by atoms with Gasteiger partial charge < -0.3 is 0 Å². The molecule has 0 saturated carbocycles. The van der Waals surface area contributed by atoms with Crippen LogP contribution in [-0.4, -0.2) is 0 Å². The van der Waals surface area contributed by atoms with Gasteiger partial charge in [0.2, 0.25) is 0 Å². The van der Waals surface area contributed by atoms with Crippen LogP contribution in [0.5, 0.6) is 0 Å². The predicted molar refractivity (Wildman–Crippen MR) is 249 cm³/mol. The maximum Gasteiger partial charge on any atom is -0.00199 e. The molecule has 0 unspecified atom stereocenters. The minimum Gasteiger partial charge on any atom is -0.0622 e.